The van der Waals surface area contributed by atoms with Crippen LogP contribution in [0.1, 0.15) is 32.1 Å². The lowest BCUT2D eigenvalue weighted by Gasteiger charge is -2.48. The van der Waals surface area contributed by atoms with Crippen LogP contribution in [0.4, 0.5) is 0 Å². The normalized spacial score (nSPS) is 27.6. The van der Waals surface area contributed by atoms with Gasteiger partial charge >= 0.3 is 5.97 Å². The van der Waals surface area contributed by atoms with Crippen molar-refractivity contribution in [1.29, 1.82) is 0 Å². The number of nitrogens with one attached hydrogen (secondary N) is 2. The quantitative estimate of drug-likeness (QED) is 0.644. The van der Waals surface area contributed by atoms with E-state index in [0.29, 0.717) is 0 Å². The second kappa shape index (κ2) is 4.55. The van der Waals surface area contributed by atoms with Gasteiger partial charge in [-0.3, -0.25) is 4.79 Å². The molecule has 6 nitrogen and oxygen atoms in total. The third-order valence-electron chi connectivity index (χ3n) is 3.60. The highest BCUT2D eigenvalue weighted by molar-refractivity contribution is 7.90. The lowest BCUT2D eigenvalue weighted by Crippen LogP contribution is -2.59. The largest absolute Gasteiger partial charge is 0.480 e. The van der Waals surface area contributed by atoms with E-state index in [1.165, 1.54) is 6.42 Å². The highest BCUT2D eigenvalue weighted by Crippen LogP contribution is 2.38. The van der Waals surface area contributed by atoms with Crippen molar-refractivity contribution in [2.75, 3.05) is 12.3 Å². The standard InChI is InChI=1S/C10H18N2O4S/c13-9(14)7-17(15,16)12-8-2-5-11-10(6-8)3-1-4-10/h8,11-12H,1-7H2,(H,13,14). The van der Waals surface area contributed by atoms with E-state index in [4.69, 9.17) is 5.11 Å². The zero-order chi connectivity index (χ0) is 12.5. The summed E-state index contributed by atoms with van der Waals surface area (Å²) in [4.78, 5) is 10.4. The maximum atomic E-state index is 11.5. The molecule has 7 heteroatoms. The number of rotatable bonds is 4. The van der Waals surface area contributed by atoms with Gasteiger partial charge in [0.05, 0.1) is 0 Å². The molecule has 1 spiro atoms. The second-order valence-corrected chi connectivity index (χ2v) is 6.77. The van der Waals surface area contributed by atoms with Crippen molar-refractivity contribution in [2.45, 2.75) is 43.7 Å². The summed E-state index contributed by atoms with van der Waals surface area (Å²) in [6.45, 7) is 0.792. The molecule has 0 amide bonds. The van der Waals surface area contributed by atoms with Crippen LogP contribution in [0.25, 0.3) is 0 Å². The SMILES string of the molecule is O=C(O)CS(=O)(=O)NC1CCNC2(CCC2)C1. The van der Waals surface area contributed by atoms with Gasteiger partial charge in [0, 0.05) is 11.6 Å². The minimum absolute atomic E-state index is 0.106. The van der Waals surface area contributed by atoms with Crippen LogP contribution in [0, 0.1) is 0 Å². The Labute approximate surface area is 101 Å². The van der Waals surface area contributed by atoms with Crippen LogP contribution >= 0.6 is 0 Å². The molecule has 1 aliphatic heterocycles. The van der Waals surface area contributed by atoms with E-state index in [1.54, 1.807) is 0 Å². The van der Waals surface area contributed by atoms with E-state index < -0.39 is 21.7 Å². The van der Waals surface area contributed by atoms with Gasteiger partial charge in [0.2, 0.25) is 10.0 Å². The fourth-order valence-electron chi connectivity index (χ4n) is 2.70. The molecule has 98 valence electrons. The van der Waals surface area contributed by atoms with Crippen LogP contribution in [0.2, 0.25) is 0 Å². The van der Waals surface area contributed by atoms with Gasteiger partial charge in [-0.05, 0) is 38.6 Å². The van der Waals surface area contributed by atoms with Crippen LogP contribution in [0.5, 0.6) is 0 Å². The Hall–Kier alpha value is -0.660. The molecule has 1 heterocycles. The van der Waals surface area contributed by atoms with Gasteiger partial charge in [-0.1, -0.05) is 0 Å². The van der Waals surface area contributed by atoms with E-state index in [-0.39, 0.29) is 11.6 Å². The molecule has 2 fully saturated rings. The zero-order valence-electron chi connectivity index (χ0n) is 9.61. The first-order valence-electron chi connectivity index (χ1n) is 5.88. The van der Waals surface area contributed by atoms with Gasteiger partial charge in [0.25, 0.3) is 0 Å². The number of hydrogen-bond donors (Lipinski definition) is 3. The monoisotopic (exact) mass is 262 g/mol. The Balaban J connectivity index is 1.92. The average Bonchev–Trinajstić information content (AvgIpc) is 2.12. The van der Waals surface area contributed by atoms with Crippen molar-refractivity contribution >= 4 is 16.0 Å². The Morgan fingerprint density at radius 1 is 1.47 bits per heavy atom. The Morgan fingerprint density at radius 2 is 2.18 bits per heavy atom. The Kier molecular flexibility index (Phi) is 3.42. The number of aliphatic carboxylic acids is 1. The van der Waals surface area contributed by atoms with Crippen molar-refractivity contribution in [1.82, 2.24) is 10.0 Å². The van der Waals surface area contributed by atoms with Crippen molar-refractivity contribution < 1.29 is 18.3 Å². The Morgan fingerprint density at radius 3 is 2.71 bits per heavy atom. The molecule has 0 aromatic rings. The number of carboxylic acid groups (broad SMARTS) is 1. The number of sulfonamides is 1. The highest BCUT2D eigenvalue weighted by atomic mass is 32.2. The van der Waals surface area contributed by atoms with E-state index in [0.717, 1.165) is 32.2 Å². The molecule has 17 heavy (non-hydrogen) atoms. The maximum absolute atomic E-state index is 11.5. The number of piperidine rings is 1. The molecule has 2 rings (SSSR count). The summed E-state index contributed by atoms with van der Waals surface area (Å²) in [5, 5.41) is 11.9. The maximum Gasteiger partial charge on any atom is 0.320 e. The summed E-state index contributed by atoms with van der Waals surface area (Å²) >= 11 is 0. The predicted octanol–water partition coefficient (Wildman–Crippen LogP) is -0.335. The number of hydrogen-bond acceptors (Lipinski definition) is 4. The van der Waals surface area contributed by atoms with Crippen LogP contribution in [0.15, 0.2) is 0 Å². The van der Waals surface area contributed by atoms with Crippen molar-refractivity contribution in [3.8, 4) is 0 Å². The first kappa shape index (κ1) is 12.8. The lowest BCUT2D eigenvalue weighted by atomic mass is 9.70. The van der Waals surface area contributed by atoms with Gasteiger partial charge in [0.1, 0.15) is 0 Å². The van der Waals surface area contributed by atoms with Crippen LogP contribution < -0.4 is 10.0 Å². The second-order valence-electron chi connectivity index (χ2n) is 5.02. The molecule has 0 radical (unpaired) electrons. The van der Waals surface area contributed by atoms with Crippen molar-refractivity contribution in [2.24, 2.45) is 0 Å². The zero-order valence-corrected chi connectivity index (χ0v) is 10.4. The molecule has 0 bridgehead atoms. The van der Waals surface area contributed by atoms with E-state index >= 15 is 0 Å². The molecular formula is C10H18N2O4S. The minimum atomic E-state index is -3.69. The summed E-state index contributed by atoms with van der Waals surface area (Å²) in [6, 6.07) is -0.124. The fraction of sp³-hybridized carbons (Fsp3) is 0.900. The van der Waals surface area contributed by atoms with Gasteiger partial charge in [-0.25, -0.2) is 13.1 Å². The molecule has 1 unspecified atom stereocenters. The van der Waals surface area contributed by atoms with Crippen molar-refractivity contribution in [3.63, 3.8) is 0 Å². The minimum Gasteiger partial charge on any atom is -0.480 e. The third-order valence-corrected chi connectivity index (χ3v) is 4.92. The molecule has 1 atom stereocenters. The topological polar surface area (TPSA) is 95.5 Å². The van der Waals surface area contributed by atoms with Gasteiger partial charge in [-0.15, -0.1) is 0 Å². The number of carbonyl (C=O) groups is 1. The van der Waals surface area contributed by atoms with Crippen LogP contribution in [-0.2, 0) is 14.8 Å². The molecule has 0 aromatic carbocycles. The van der Waals surface area contributed by atoms with Crippen molar-refractivity contribution in [3.05, 3.63) is 0 Å². The molecule has 1 aliphatic carbocycles. The van der Waals surface area contributed by atoms with E-state index in [1.807, 2.05) is 0 Å². The molecule has 2 aliphatic rings. The predicted molar refractivity (Wildman–Crippen MR) is 62.2 cm³/mol. The van der Waals surface area contributed by atoms with E-state index in [2.05, 4.69) is 10.0 Å². The van der Waals surface area contributed by atoms with Crippen LogP contribution in [-0.4, -0.2) is 43.4 Å². The third kappa shape index (κ3) is 3.17. The van der Waals surface area contributed by atoms with Gasteiger partial charge in [0.15, 0.2) is 5.75 Å². The van der Waals surface area contributed by atoms with E-state index in [9.17, 15) is 13.2 Å². The molecule has 0 aromatic heterocycles. The summed E-state index contributed by atoms with van der Waals surface area (Å²) < 4.78 is 25.5. The van der Waals surface area contributed by atoms with Gasteiger partial charge in [-0.2, -0.15) is 0 Å². The summed E-state index contributed by atoms with van der Waals surface area (Å²) in [7, 11) is -3.69. The van der Waals surface area contributed by atoms with Crippen LogP contribution in [0.3, 0.4) is 0 Å². The van der Waals surface area contributed by atoms with Gasteiger partial charge < -0.3 is 10.4 Å². The first-order chi connectivity index (χ1) is 7.91. The molecular weight excluding hydrogens is 244 g/mol. The molecule has 1 saturated heterocycles. The Bertz CT molecular complexity index is 403. The fourth-order valence-corrected chi connectivity index (χ4v) is 3.82. The smallest absolute Gasteiger partial charge is 0.320 e. The highest BCUT2D eigenvalue weighted by Gasteiger charge is 2.41. The summed E-state index contributed by atoms with van der Waals surface area (Å²) in [5.41, 5.74) is 0.106. The summed E-state index contributed by atoms with van der Waals surface area (Å²) in [6.07, 6.45) is 4.85. The number of carboxylic acids is 1. The molecule has 1 saturated carbocycles. The molecule has 3 N–H and O–H groups in total. The lowest BCUT2D eigenvalue weighted by molar-refractivity contribution is -0.134. The average molecular weight is 262 g/mol. The first-order valence-corrected chi connectivity index (χ1v) is 7.53. The summed E-state index contributed by atoms with van der Waals surface area (Å²) in [5.74, 6) is -2.16.